The van der Waals surface area contributed by atoms with Crippen LogP contribution < -0.4 is 10.6 Å². The zero-order valence-electron chi connectivity index (χ0n) is 18.8. The lowest BCUT2D eigenvalue weighted by Crippen LogP contribution is -2.53. The van der Waals surface area contributed by atoms with Crippen molar-refractivity contribution in [3.05, 3.63) is 132 Å². The van der Waals surface area contributed by atoms with Gasteiger partial charge in [-0.1, -0.05) is 109 Å². The van der Waals surface area contributed by atoms with Crippen LogP contribution in [-0.4, -0.2) is 23.9 Å². The molecule has 2 aromatic rings. The van der Waals surface area contributed by atoms with E-state index in [0.717, 1.165) is 11.1 Å². The van der Waals surface area contributed by atoms with Crippen molar-refractivity contribution < 1.29 is 9.59 Å². The molecule has 0 aromatic heterocycles. The Kier molecular flexibility index (Phi) is 4.77. The highest BCUT2D eigenvalue weighted by atomic mass is 16.2. The molecule has 2 N–H and O–H groups in total. The molecule has 0 radical (unpaired) electrons. The minimum absolute atomic E-state index is 0.153. The maximum atomic E-state index is 13.6. The minimum Gasteiger partial charge on any atom is -0.344 e. The van der Waals surface area contributed by atoms with Crippen LogP contribution in [0.5, 0.6) is 0 Å². The topological polar surface area (TPSA) is 58.2 Å². The highest BCUT2D eigenvalue weighted by Gasteiger charge is 2.57. The Hall–Kier alpha value is -3.92. The van der Waals surface area contributed by atoms with Gasteiger partial charge in [-0.15, -0.1) is 0 Å². The van der Waals surface area contributed by atoms with Gasteiger partial charge in [-0.2, -0.15) is 0 Å². The van der Waals surface area contributed by atoms with Gasteiger partial charge in [0.2, 0.25) is 11.8 Å². The van der Waals surface area contributed by atoms with Gasteiger partial charge >= 0.3 is 0 Å². The molecule has 2 amide bonds. The Balaban J connectivity index is 1.51. The molecule has 0 saturated carbocycles. The fourth-order valence-corrected chi connectivity index (χ4v) is 6.11. The van der Waals surface area contributed by atoms with E-state index in [2.05, 4.69) is 59.2 Å². The molecule has 0 saturated heterocycles. The van der Waals surface area contributed by atoms with Crippen molar-refractivity contribution in [3.8, 4) is 0 Å². The number of rotatable bonds is 4. The van der Waals surface area contributed by atoms with Crippen LogP contribution in [0.1, 0.15) is 24.0 Å². The molecule has 4 heteroatoms. The molecule has 2 aromatic carbocycles. The summed E-state index contributed by atoms with van der Waals surface area (Å²) < 4.78 is 0. The second-order valence-corrected chi connectivity index (χ2v) is 9.44. The number of benzene rings is 2. The van der Waals surface area contributed by atoms with E-state index in [1.165, 1.54) is 0 Å². The molecule has 2 heterocycles. The summed E-state index contributed by atoms with van der Waals surface area (Å²) in [5.74, 6) is -0.306. The number of carbonyl (C=O) groups excluding carboxylic acids is 2. The molecule has 0 fully saturated rings. The van der Waals surface area contributed by atoms with Crippen LogP contribution in [-0.2, 0) is 20.4 Å². The molecule has 168 valence electrons. The second-order valence-electron chi connectivity index (χ2n) is 9.44. The van der Waals surface area contributed by atoms with Crippen LogP contribution in [0.25, 0.3) is 0 Å². The van der Waals surface area contributed by atoms with Crippen molar-refractivity contribution in [2.45, 2.75) is 35.8 Å². The van der Waals surface area contributed by atoms with Crippen molar-refractivity contribution in [2.24, 2.45) is 0 Å². The minimum atomic E-state index is -0.517. The molecule has 0 spiro atoms. The van der Waals surface area contributed by atoms with Crippen LogP contribution in [0.15, 0.2) is 120 Å². The maximum absolute atomic E-state index is 13.6. The lowest BCUT2D eigenvalue weighted by Gasteiger charge is -2.39. The Morgan fingerprint density at radius 2 is 1.00 bits per heavy atom. The van der Waals surface area contributed by atoms with Gasteiger partial charge in [-0.05, 0) is 24.0 Å². The van der Waals surface area contributed by atoms with E-state index >= 15 is 0 Å². The van der Waals surface area contributed by atoms with Crippen molar-refractivity contribution in [1.29, 1.82) is 0 Å². The van der Waals surface area contributed by atoms with Gasteiger partial charge in [0.1, 0.15) is 0 Å². The van der Waals surface area contributed by atoms with Crippen LogP contribution in [0.4, 0.5) is 0 Å². The summed E-state index contributed by atoms with van der Waals surface area (Å²) in [6, 6.07) is 19.5. The number of amides is 2. The SMILES string of the molecule is O=C1NC(C2(c3ccccc3)C=CC=CC2)C2=C1C(C1(c3ccccc3)C=CC=CC1)NC2=O. The summed E-state index contributed by atoms with van der Waals surface area (Å²) >= 11 is 0. The molecule has 34 heavy (non-hydrogen) atoms. The third-order valence-corrected chi connectivity index (χ3v) is 7.75. The average Bonchev–Trinajstić information content (AvgIpc) is 3.44. The van der Waals surface area contributed by atoms with Crippen LogP contribution >= 0.6 is 0 Å². The molecule has 4 unspecified atom stereocenters. The van der Waals surface area contributed by atoms with Gasteiger partial charge in [0, 0.05) is 10.8 Å². The number of carbonyl (C=O) groups is 2. The molecule has 2 aliphatic heterocycles. The average molecular weight is 447 g/mol. The molecule has 4 atom stereocenters. The molecule has 4 aliphatic rings. The smallest absolute Gasteiger partial charge is 0.250 e. The molecule has 6 rings (SSSR count). The van der Waals surface area contributed by atoms with E-state index in [1.54, 1.807) is 0 Å². The van der Waals surface area contributed by atoms with Gasteiger partial charge in [-0.3, -0.25) is 9.59 Å². The monoisotopic (exact) mass is 446 g/mol. The Morgan fingerprint density at radius 1 is 0.588 bits per heavy atom. The summed E-state index contributed by atoms with van der Waals surface area (Å²) in [5, 5.41) is 6.46. The van der Waals surface area contributed by atoms with Crippen molar-refractivity contribution in [3.63, 3.8) is 0 Å². The zero-order chi connectivity index (χ0) is 23.2. The van der Waals surface area contributed by atoms with Crippen molar-refractivity contribution >= 4 is 11.8 Å². The summed E-state index contributed by atoms with van der Waals surface area (Å²) in [6.07, 6.45) is 18.0. The third-order valence-electron chi connectivity index (χ3n) is 7.75. The zero-order valence-corrected chi connectivity index (χ0v) is 18.8. The molecule has 4 nitrogen and oxygen atoms in total. The summed E-state index contributed by atoms with van der Waals surface area (Å²) in [4.78, 5) is 27.2. The maximum Gasteiger partial charge on any atom is 0.250 e. The quantitative estimate of drug-likeness (QED) is 0.740. The molecular formula is C30H26N2O2. The summed E-state index contributed by atoms with van der Waals surface area (Å²) in [7, 11) is 0. The number of allylic oxidation sites excluding steroid dienone is 6. The largest absolute Gasteiger partial charge is 0.344 e. The predicted octanol–water partition coefficient (Wildman–Crippen LogP) is 4.19. The first-order valence-electron chi connectivity index (χ1n) is 11.8. The van der Waals surface area contributed by atoms with Gasteiger partial charge in [0.05, 0.1) is 23.2 Å². The predicted molar refractivity (Wildman–Crippen MR) is 133 cm³/mol. The van der Waals surface area contributed by atoms with E-state index in [-0.39, 0.29) is 11.8 Å². The summed E-state index contributed by atoms with van der Waals surface area (Å²) in [6.45, 7) is 0. The van der Waals surface area contributed by atoms with Crippen LogP contribution in [0.2, 0.25) is 0 Å². The van der Waals surface area contributed by atoms with Crippen LogP contribution in [0.3, 0.4) is 0 Å². The van der Waals surface area contributed by atoms with Gasteiger partial charge in [-0.25, -0.2) is 0 Å². The van der Waals surface area contributed by atoms with E-state index in [4.69, 9.17) is 0 Å². The van der Waals surface area contributed by atoms with Crippen molar-refractivity contribution in [1.82, 2.24) is 10.6 Å². The van der Waals surface area contributed by atoms with Crippen LogP contribution in [0, 0.1) is 0 Å². The van der Waals surface area contributed by atoms with Gasteiger partial charge in [0.25, 0.3) is 0 Å². The fourth-order valence-electron chi connectivity index (χ4n) is 6.11. The molecular weight excluding hydrogens is 420 g/mol. The highest BCUT2D eigenvalue weighted by Crippen LogP contribution is 2.48. The first-order chi connectivity index (χ1) is 16.7. The van der Waals surface area contributed by atoms with Gasteiger partial charge < -0.3 is 10.6 Å². The highest BCUT2D eigenvalue weighted by molar-refractivity contribution is 6.14. The Bertz CT molecular complexity index is 1200. The first kappa shape index (κ1) is 20.7. The lowest BCUT2D eigenvalue weighted by atomic mass is 9.66. The van der Waals surface area contributed by atoms with E-state index < -0.39 is 22.9 Å². The summed E-state index contributed by atoms with van der Waals surface area (Å²) in [5.41, 5.74) is 2.30. The van der Waals surface area contributed by atoms with E-state index in [9.17, 15) is 9.59 Å². The third kappa shape index (κ3) is 2.91. The van der Waals surface area contributed by atoms with E-state index in [0.29, 0.717) is 24.0 Å². The second kappa shape index (κ2) is 7.84. The normalized spacial score (nSPS) is 31.5. The number of hydrogen-bond acceptors (Lipinski definition) is 2. The number of hydrogen-bond donors (Lipinski definition) is 2. The molecule has 2 aliphatic carbocycles. The van der Waals surface area contributed by atoms with Crippen molar-refractivity contribution in [2.75, 3.05) is 0 Å². The number of nitrogens with one attached hydrogen (secondary N) is 2. The Labute approximate surface area is 199 Å². The Morgan fingerprint density at radius 3 is 1.35 bits per heavy atom. The standard InChI is InChI=1S/C30H26N2O2/c33-27-23-24(26(32-27)30(19-11-4-12-20-30)22-15-7-2-8-16-22)28(34)31-25(23)29(17-9-3-10-18-29)21-13-5-1-6-14-21/h1-17,19,25-26H,18,20H2,(H,31,34)(H,32,33). The molecule has 0 bridgehead atoms. The lowest BCUT2D eigenvalue weighted by molar-refractivity contribution is -0.119. The fraction of sp³-hybridized carbons (Fsp3) is 0.200. The van der Waals surface area contributed by atoms with Gasteiger partial charge in [0.15, 0.2) is 0 Å². The van der Waals surface area contributed by atoms with E-state index in [1.807, 2.05) is 60.7 Å². The first-order valence-corrected chi connectivity index (χ1v) is 11.8.